The van der Waals surface area contributed by atoms with Gasteiger partial charge in [-0.1, -0.05) is 164 Å². The molecule has 0 heterocycles. The van der Waals surface area contributed by atoms with Gasteiger partial charge in [0, 0.05) is 0 Å². The van der Waals surface area contributed by atoms with Crippen molar-refractivity contribution in [2.24, 2.45) is 0 Å². The van der Waals surface area contributed by atoms with Gasteiger partial charge in [-0.05, 0) is 59.1 Å². The Bertz CT molecular complexity index is 968. The fraction of sp³-hybridized carbons (Fsp3) is 0.500. The van der Waals surface area contributed by atoms with Crippen LogP contribution in [0.3, 0.4) is 0 Å². The summed E-state index contributed by atoms with van der Waals surface area (Å²) in [6, 6.07) is 27.1. The van der Waals surface area contributed by atoms with Crippen LogP contribution in [0, 0.1) is 0 Å². The van der Waals surface area contributed by atoms with Gasteiger partial charge in [0.25, 0.3) is 0 Å². The van der Waals surface area contributed by atoms with Crippen molar-refractivity contribution in [3.63, 3.8) is 0 Å². The van der Waals surface area contributed by atoms with Crippen LogP contribution in [0.2, 0.25) is 0 Å². The Labute approximate surface area is 222 Å². The molecule has 3 aromatic rings. The molecule has 0 bridgehead atoms. The summed E-state index contributed by atoms with van der Waals surface area (Å²) in [5.41, 5.74) is 8.72. The highest BCUT2D eigenvalue weighted by Gasteiger charge is 2.14. The van der Waals surface area contributed by atoms with Gasteiger partial charge in [-0.3, -0.25) is 0 Å². The lowest BCUT2D eigenvalue weighted by molar-refractivity contribution is 0.583. The first kappa shape index (κ1) is 28.2. The maximum absolute atomic E-state index is 2.42. The van der Waals surface area contributed by atoms with Crippen LogP contribution in [0.1, 0.15) is 115 Å². The predicted molar refractivity (Wildman–Crippen MR) is 161 cm³/mol. The van der Waals surface area contributed by atoms with E-state index in [0.717, 1.165) is 0 Å². The van der Waals surface area contributed by atoms with E-state index in [1.54, 1.807) is 11.1 Å². The summed E-state index contributed by atoms with van der Waals surface area (Å²) in [6.45, 7) is 4.60. The molecule has 0 aliphatic rings. The standard InChI is InChI=1S/C36H50/c1-3-5-7-9-11-13-16-23-32-26-22-30-36(33(32)27-19-14-12-10-8-6-4-2)35-29-21-20-28-34(35)31-24-17-15-18-25-31/h15,17-18,20-22,24-26,28-30H,3-14,16,19,23,27H2,1-2H3. The molecule has 0 unspecified atom stereocenters. The highest BCUT2D eigenvalue weighted by molar-refractivity contribution is 5.85. The van der Waals surface area contributed by atoms with Crippen LogP contribution in [-0.2, 0) is 12.8 Å². The van der Waals surface area contributed by atoms with E-state index in [0.29, 0.717) is 0 Å². The SMILES string of the molecule is CCCCCCCCCc1cccc(-c2ccccc2-c2ccccc2)c1CCCCCCCCC. The molecule has 0 aromatic heterocycles. The van der Waals surface area contributed by atoms with Crippen LogP contribution in [0.15, 0.2) is 72.8 Å². The number of hydrogen-bond acceptors (Lipinski definition) is 0. The third kappa shape index (κ3) is 9.27. The van der Waals surface area contributed by atoms with Crippen LogP contribution >= 0.6 is 0 Å². The third-order valence-corrected chi connectivity index (χ3v) is 7.66. The molecule has 0 radical (unpaired) electrons. The average molecular weight is 483 g/mol. The zero-order valence-electron chi connectivity index (χ0n) is 23.2. The zero-order chi connectivity index (χ0) is 25.3. The first-order chi connectivity index (χ1) is 17.8. The summed E-state index contributed by atoms with van der Waals surface area (Å²) in [5.74, 6) is 0. The number of rotatable bonds is 18. The molecule has 0 aliphatic carbocycles. The topological polar surface area (TPSA) is 0 Å². The Balaban J connectivity index is 1.77. The van der Waals surface area contributed by atoms with Crippen molar-refractivity contribution in [2.45, 2.75) is 117 Å². The van der Waals surface area contributed by atoms with Gasteiger partial charge in [0.2, 0.25) is 0 Å². The zero-order valence-corrected chi connectivity index (χ0v) is 23.2. The van der Waals surface area contributed by atoms with Crippen molar-refractivity contribution in [3.8, 4) is 22.3 Å². The number of hydrogen-bond donors (Lipinski definition) is 0. The van der Waals surface area contributed by atoms with E-state index in [1.165, 1.54) is 125 Å². The second kappa shape index (κ2) is 17.2. The molecule has 3 aromatic carbocycles. The smallest absolute Gasteiger partial charge is 0.0103 e. The molecule has 0 heteroatoms. The first-order valence-corrected chi connectivity index (χ1v) is 15.1. The van der Waals surface area contributed by atoms with Gasteiger partial charge in [0.05, 0.1) is 0 Å². The lowest BCUT2D eigenvalue weighted by atomic mass is 9.86. The normalized spacial score (nSPS) is 11.2. The predicted octanol–water partition coefficient (Wildman–Crippen LogP) is 11.6. The third-order valence-electron chi connectivity index (χ3n) is 7.66. The highest BCUT2D eigenvalue weighted by atomic mass is 14.2. The Morgan fingerprint density at radius 2 is 0.889 bits per heavy atom. The summed E-state index contributed by atoms with van der Waals surface area (Å²) in [7, 11) is 0. The molecular weight excluding hydrogens is 432 g/mol. The van der Waals surface area contributed by atoms with Gasteiger partial charge in [0.1, 0.15) is 0 Å². The average Bonchev–Trinajstić information content (AvgIpc) is 2.93. The lowest BCUT2D eigenvalue weighted by Crippen LogP contribution is -2.00. The van der Waals surface area contributed by atoms with E-state index in [4.69, 9.17) is 0 Å². The number of unbranched alkanes of at least 4 members (excludes halogenated alkanes) is 12. The fourth-order valence-electron chi connectivity index (χ4n) is 5.54. The van der Waals surface area contributed by atoms with Crippen molar-refractivity contribution in [1.29, 1.82) is 0 Å². The van der Waals surface area contributed by atoms with Gasteiger partial charge in [-0.25, -0.2) is 0 Å². The van der Waals surface area contributed by atoms with Gasteiger partial charge >= 0.3 is 0 Å². The van der Waals surface area contributed by atoms with E-state index in [9.17, 15) is 0 Å². The summed E-state index contributed by atoms with van der Waals surface area (Å²) in [4.78, 5) is 0. The van der Waals surface area contributed by atoms with Gasteiger partial charge in [-0.15, -0.1) is 0 Å². The van der Waals surface area contributed by atoms with Crippen LogP contribution in [-0.4, -0.2) is 0 Å². The monoisotopic (exact) mass is 482 g/mol. The van der Waals surface area contributed by atoms with E-state index in [-0.39, 0.29) is 0 Å². The Hall–Kier alpha value is -2.34. The van der Waals surface area contributed by atoms with Crippen LogP contribution in [0.25, 0.3) is 22.3 Å². The van der Waals surface area contributed by atoms with E-state index < -0.39 is 0 Å². The molecule has 0 aliphatic heterocycles. The summed E-state index contributed by atoms with van der Waals surface area (Å²) < 4.78 is 0. The van der Waals surface area contributed by atoms with E-state index >= 15 is 0 Å². The molecule has 36 heavy (non-hydrogen) atoms. The number of benzene rings is 3. The van der Waals surface area contributed by atoms with Gasteiger partial charge in [0.15, 0.2) is 0 Å². The Morgan fingerprint density at radius 3 is 1.53 bits per heavy atom. The Kier molecular flexibility index (Phi) is 13.5. The van der Waals surface area contributed by atoms with Crippen molar-refractivity contribution in [1.82, 2.24) is 0 Å². The lowest BCUT2D eigenvalue weighted by Gasteiger charge is -2.18. The minimum absolute atomic E-state index is 1.21. The molecule has 0 fully saturated rings. The molecule has 0 atom stereocenters. The maximum atomic E-state index is 2.42. The largest absolute Gasteiger partial charge is 0.0654 e. The summed E-state index contributed by atoms with van der Waals surface area (Å²) in [5, 5.41) is 0. The van der Waals surface area contributed by atoms with Crippen molar-refractivity contribution >= 4 is 0 Å². The summed E-state index contributed by atoms with van der Waals surface area (Å²) >= 11 is 0. The van der Waals surface area contributed by atoms with Gasteiger partial charge < -0.3 is 0 Å². The maximum Gasteiger partial charge on any atom is -0.0103 e. The van der Waals surface area contributed by atoms with Crippen molar-refractivity contribution in [3.05, 3.63) is 83.9 Å². The molecule has 194 valence electrons. The van der Waals surface area contributed by atoms with E-state index in [2.05, 4.69) is 86.6 Å². The van der Waals surface area contributed by atoms with Crippen LogP contribution in [0.4, 0.5) is 0 Å². The quantitative estimate of drug-likeness (QED) is 0.158. The minimum atomic E-state index is 1.21. The molecule has 3 rings (SSSR count). The van der Waals surface area contributed by atoms with E-state index in [1.807, 2.05) is 0 Å². The first-order valence-electron chi connectivity index (χ1n) is 15.1. The molecule has 0 saturated carbocycles. The van der Waals surface area contributed by atoms with Crippen molar-refractivity contribution < 1.29 is 0 Å². The Morgan fingerprint density at radius 1 is 0.389 bits per heavy atom. The molecule has 0 amide bonds. The summed E-state index contributed by atoms with van der Waals surface area (Å²) in [6.07, 6.45) is 21.6. The fourth-order valence-corrected chi connectivity index (χ4v) is 5.54. The minimum Gasteiger partial charge on any atom is -0.0654 e. The van der Waals surface area contributed by atoms with Gasteiger partial charge in [-0.2, -0.15) is 0 Å². The second-order valence-corrected chi connectivity index (χ2v) is 10.6. The van der Waals surface area contributed by atoms with Crippen LogP contribution in [0.5, 0.6) is 0 Å². The number of aryl methyl sites for hydroxylation is 1. The van der Waals surface area contributed by atoms with Crippen molar-refractivity contribution in [2.75, 3.05) is 0 Å². The molecule has 0 spiro atoms. The molecular formula is C36H50. The molecule has 0 nitrogen and oxygen atoms in total. The highest BCUT2D eigenvalue weighted by Crippen LogP contribution is 2.36. The second-order valence-electron chi connectivity index (χ2n) is 10.6. The molecule has 0 saturated heterocycles. The van der Waals surface area contributed by atoms with Crippen LogP contribution < -0.4 is 0 Å². The molecule has 0 N–H and O–H groups in total.